The molecule has 0 spiro atoms. The van der Waals surface area contributed by atoms with Crippen LogP contribution in [0.1, 0.15) is 25.7 Å². The number of ether oxygens (including phenoxy) is 7. The van der Waals surface area contributed by atoms with Crippen molar-refractivity contribution in [2.24, 2.45) is 0 Å². The van der Waals surface area contributed by atoms with Crippen LogP contribution < -0.4 is 0 Å². The zero-order valence-corrected chi connectivity index (χ0v) is 20.6. The monoisotopic (exact) mass is 536 g/mol. The summed E-state index contributed by atoms with van der Waals surface area (Å²) in [5.74, 6) is 0. The summed E-state index contributed by atoms with van der Waals surface area (Å²) >= 11 is 0. The normalized spacial score (nSPS) is 14.1. The second-order valence-electron chi connectivity index (χ2n) is 7.66. The van der Waals surface area contributed by atoms with Gasteiger partial charge >= 0.3 is 12.2 Å². The maximum Gasteiger partial charge on any atom is 0.383 e. The minimum absolute atomic E-state index is 0.00543. The van der Waals surface area contributed by atoms with Crippen molar-refractivity contribution in [1.82, 2.24) is 0 Å². The lowest BCUT2D eigenvalue weighted by Crippen LogP contribution is -2.40. The SMILES string of the molecule is C=CCCCOCC(O)COCCOCOCC(F)(F)OC(F)(F)COCC(O)COCCCC=C. The van der Waals surface area contributed by atoms with E-state index in [0.29, 0.717) is 19.6 Å². The molecule has 0 aliphatic rings. The molecule has 0 amide bonds. The molecule has 0 aromatic heterocycles. The number of unbranched alkanes of at least 4 members (excludes halogenated alkanes) is 2. The van der Waals surface area contributed by atoms with Gasteiger partial charge in [0.25, 0.3) is 0 Å². The molecular weight excluding hydrogens is 496 g/mol. The second-order valence-corrected chi connectivity index (χ2v) is 7.66. The van der Waals surface area contributed by atoms with E-state index >= 15 is 0 Å². The predicted octanol–water partition coefficient (Wildman–Crippen LogP) is 2.90. The minimum atomic E-state index is -4.32. The Morgan fingerprint density at radius 2 is 1.03 bits per heavy atom. The van der Waals surface area contributed by atoms with Gasteiger partial charge in [-0.25, -0.2) is 0 Å². The van der Waals surface area contributed by atoms with Crippen molar-refractivity contribution in [2.75, 3.05) is 72.9 Å². The third kappa shape index (κ3) is 23.3. The summed E-state index contributed by atoms with van der Waals surface area (Å²) in [4.78, 5) is 0. The summed E-state index contributed by atoms with van der Waals surface area (Å²) < 4.78 is 87.3. The molecule has 2 unspecified atom stereocenters. The number of hydrogen-bond acceptors (Lipinski definition) is 9. The van der Waals surface area contributed by atoms with Gasteiger partial charge in [0, 0.05) is 13.2 Å². The minimum Gasteiger partial charge on any atom is -0.388 e. The first-order chi connectivity index (χ1) is 17.1. The molecule has 0 radical (unpaired) electrons. The fourth-order valence-electron chi connectivity index (χ4n) is 2.40. The number of aliphatic hydroxyl groups is 2. The molecule has 0 aliphatic heterocycles. The Bertz CT molecular complexity index is 542. The van der Waals surface area contributed by atoms with Gasteiger partial charge < -0.3 is 38.6 Å². The summed E-state index contributed by atoms with van der Waals surface area (Å²) in [6.07, 6.45) is -4.13. The molecule has 0 heterocycles. The third-order valence-electron chi connectivity index (χ3n) is 4.01. The standard InChI is InChI=1S/C23H40F4O9/c1-3-5-7-9-30-13-20(28)15-32-11-12-33-19-35-18-23(26,27)36-22(24,25)17-34-16-21(29)14-31-10-8-6-4-2/h3-4,20-21,28-29H,1-2,5-19H2. The lowest BCUT2D eigenvalue weighted by Gasteiger charge is -2.24. The average molecular weight is 537 g/mol. The second kappa shape index (κ2) is 21.9. The molecule has 0 aliphatic carbocycles. The average Bonchev–Trinajstić information content (AvgIpc) is 2.79. The van der Waals surface area contributed by atoms with E-state index in [4.69, 9.17) is 18.9 Å². The Labute approximate surface area is 209 Å². The molecule has 0 bridgehead atoms. The van der Waals surface area contributed by atoms with Gasteiger partial charge in [-0.3, -0.25) is 4.74 Å². The Balaban J connectivity index is 3.79. The molecular formula is C23H40F4O9. The quantitative estimate of drug-likeness (QED) is 0.0710. The van der Waals surface area contributed by atoms with Gasteiger partial charge in [0.05, 0.1) is 39.6 Å². The summed E-state index contributed by atoms with van der Waals surface area (Å²) in [5.41, 5.74) is 0. The largest absolute Gasteiger partial charge is 0.388 e. The van der Waals surface area contributed by atoms with Crippen molar-refractivity contribution in [1.29, 1.82) is 0 Å². The molecule has 2 N–H and O–H groups in total. The first-order valence-corrected chi connectivity index (χ1v) is 11.6. The van der Waals surface area contributed by atoms with Gasteiger partial charge in [-0.2, -0.15) is 17.6 Å². The fourth-order valence-corrected chi connectivity index (χ4v) is 2.40. The van der Waals surface area contributed by atoms with Crippen molar-refractivity contribution in [3.8, 4) is 0 Å². The lowest BCUT2D eigenvalue weighted by atomic mass is 10.3. The van der Waals surface area contributed by atoms with E-state index < -0.39 is 51.0 Å². The highest BCUT2D eigenvalue weighted by Crippen LogP contribution is 2.27. The zero-order chi connectivity index (χ0) is 27.1. The van der Waals surface area contributed by atoms with Gasteiger partial charge in [-0.05, 0) is 25.7 Å². The molecule has 0 rings (SSSR count). The molecule has 0 saturated heterocycles. The number of rotatable bonds is 27. The third-order valence-corrected chi connectivity index (χ3v) is 4.01. The van der Waals surface area contributed by atoms with Crippen molar-refractivity contribution in [3.63, 3.8) is 0 Å². The zero-order valence-electron chi connectivity index (χ0n) is 20.6. The Hall–Kier alpha value is -1.16. The number of allylic oxidation sites excluding steroid dienone is 2. The molecule has 214 valence electrons. The van der Waals surface area contributed by atoms with E-state index in [2.05, 4.69) is 27.4 Å². The maximum atomic E-state index is 13.6. The fraction of sp³-hybridized carbons (Fsp3) is 0.826. The van der Waals surface area contributed by atoms with Crippen LogP contribution in [0.2, 0.25) is 0 Å². The molecule has 36 heavy (non-hydrogen) atoms. The van der Waals surface area contributed by atoms with Crippen LogP contribution in [-0.2, 0) is 33.2 Å². The molecule has 0 aromatic rings. The van der Waals surface area contributed by atoms with E-state index in [-0.39, 0.29) is 33.0 Å². The molecule has 0 saturated carbocycles. The maximum absolute atomic E-state index is 13.6. The summed E-state index contributed by atoms with van der Waals surface area (Å²) in [5, 5.41) is 19.2. The van der Waals surface area contributed by atoms with Crippen LogP contribution >= 0.6 is 0 Å². The van der Waals surface area contributed by atoms with Gasteiger partial charge in [0.1, 0.15) is 32.2 Å². The van der Waals surface area contributed by atoms with Crippen molar-refractivity contribution in [2.45, 2.75) is 50.1 Å². The summed E-state index contributed by atoms with van der Waals surface area (Å²) in [7, 11) is 0. The number of alkyl halides is 4. The Kier molecular flexibility index (Phi) is 21.2. The van der Waals surface area contributed by atoms with Crippen LogP contribution in [0.4, 0.5) is 17.6 Å². The van der Waals surface area contributed by atoms with Crippen LogP contribution in [0.25, 0.3) is 0 Å². The van der Waals surface area contributed by atoms with Gasteiger partial charge in [-0.1, -0.05) is 12.2 Å². The molecule has 9 nitrogen and oxygen atoms in total. The smallest absolute Gasteiger partial charge is 0.383 e. The summed E-state index contributed by atoms with van der Waals surface area (Å²) in [6, 6.07) is 0. The highest BCUT2D eigenvalue weighted by atomic mass is 19.3. The Morgan fingerprint density at radius 1 is 0.611 bits per heavy atom. The topological polar surface area (TPSA) is 105 Å². The molecule has 2 atom stereocenters. The molecule has 13 heteroatoms. The Morgan fingerprint density at radius 3 is 1.53 bits per heavy atom. The van der Waals surface area contributed by atoms with Crippen LogP contribution in [-0.4, -0.2) is 107 Å². The predicted molar refractivity (Wildman–Crippen MR) is 122 cm³/mol. The van der Waals surface area contributed by atoms with Gasteiger partial charge in [-0.15, -0.1) is 13.2 Å². The van der Waals surface area contributed by atoms with Crippen molar-refractivity contribution in [3.05, 3.63) is 25.3 Å². The van der Waals surface area contributed by atoms with Gasteiger partial charge in [0.15, 0.2) is 0 Å². The van der Waals surface area contributed by atoms with E-state index in [1.165, 1.54) is 0 Å². The van der Waals surface area contributed by atoms with E-state index in [1.807, 2.05) is 0 Å². The van der Waals surface area contributed by atoms with Crippen LogP contribution in [0.5, 0.6) is 0 Å². The van der Waals surface area contributed by atoms with Crippen LogP contribution in [0.15, 0.2) is 25.3 Å². The molecule has 0 aromatic carbocycles. The van der Waals surface area contributed by atoms with E-state index in [0.717, 1.165) is 19.3 Å². The first-order valence-electron chi connectivity index (χ1n) is 11.6. The van der Waals surface area contributed by atoms with Gasteiger partial charge in [0.2, 0.25) is 0 Å². The highest BCUT2D eigenvalue weighted by Gasteiger charge is 2.44. The summed E-state index contributed by atoms with van der Waals surface area (Å²) in [6.45, 7) is 3.81. The lowest BCUT2D eigenvalue weighted by molar-refractivity contribution is -0.396. The van der Waals surface area contributed by atoms with E-state index in [9.17, 15) is 27.8 Å². The number of aliphatic hydroxyl groups excluding tert-OH is 2. The highest BCUT2D eigenvalue weighted by molar-refractivity contribution is 4.66. The molecule has 0 fully saturated rings. The van der Waals surface area contributed by atoms with Crippen LogP contribution in [0.3, 0.4) is 0 Å². The number of hydrogen-bond donors (Lipinski definition) is 2. The van der Waals surface area contributed by atoms with E-state index in [1.54, 1.807) is 12.2 Å². The first kappa shape index (κ1) is 34.8. The van der Waals surface area contributed by atoms with Crippen molar-refractivity contribution >= 4 is 0 Å². The number of halogens is 4. The van der Waals surface area contributed by atoms with Crippen molar-refractivity contribution < 1.29 is 60.9 Å². The van der Waals surface area contributed by atoms with Crippen LogP contribution in [0, 0.1) is 0 Å².